The van der Waals surface area contributed by atoms with Crippen molar-refractivity contribution in [2.24, 2.45) is 0 Å². The van der Waals surface area contributed by atoms with Crippen molar-refractivity contribution in [3.05, 3.63) is 6.92 Å². The van der Waals surface area contributed by atoms with Gasteiger partial charge in [0.25, 0.3) is 5.02 Å². The molecule has 0 aromatic heterocycles. The first kappa shape index (κ1) is 8.85. The average molecular weight is 172 g/mol. The third kappa shape index (κ3) is 5.73. The van der Waals surface area contributed by atoms with Crippen LogP contribution in [-0.4, -0.2) is 17.8 Å². The highest BCUT2D eigenvalue weighted by molar-refractivity contribution is 6.43. The second-order valence-corrected chi connectivity index (χ2v) is 1.99. The van der Waals surface area contributed by atoms with Crippen LogP contribution in [0.25, 0.3) is 0 Å². The lowest BCUT2D eigenvalue weighted by Crippen LogP contribution is -2.09. The van der Waals surface area contributed by atoms with Crippen LogP contribution >= 0.6 is 23.2 Å². The Balaban J connectivity index is 3.27. The highest BCUT2D eigenvalue weighted by Crippen LogP contribution is 2.03. The zero-order chi connectivity index (χ0) is 7.28. The molecule has 0 aliphatic heterocycles. The molecule has 0 N–H and O–H groups in total. The summed E-state index contributed by atoms with van der Waals surface area (Å²) in [4.78, 5) is 10.2. The van der Waals surface area contributed by atoms with Crippen LogP contribution in [0.4, 0.5) is 4.79 Å². The Bertz CT molecular complexity index is 93.8. The summed E-state index contributed by atoms with van der Waals surface area (Å²) in [6, 6.07) is 0. The van der Waals surface area contributed by atoms with Crippen LogP contribution < -0.4 is 0 Å². The number of halogens is 2. The van der Waals surface area contributed by atoms with Gasteiger partial charge in [-0.1, -0.05) is 23.2 Å². The maximum Gasteiger partial charge on any atom is 0.510 e. The van der Waals surface area contributed by atoms with E-state index in [9.17, 15) is 4.79 Å². The monoisotopic (exact) mass is 171 g/mol. The molecule has 3 nitrogen and oxygen atoms in total. The van der Waals surface area contributed by atoms with Gasteiger partial charge in [-0.3, -0.25) is 0 Å². The van der Waals surface area contributed by atoms with Crippen molar-refractivity contribution in [1.82, 2.24) is 0 Å². The zero-order valence-corrected chi connectivity index (χ0v) is 5.98. The van der Waals surface area contributed by atoms with Gasteiger partial charge in [-0.2, -0.15) is 0 Å². The highest BCUT2D eigenvalue weighted by atomic mass is 35.5. The first-order valence-electron chi connectivity index (χ1n) is 2.07. The predicted octanol–water partition coefficient (Wildman–Crippen LogP) is 1.73. The summed E-state index contributed by atoms with van der Waals surface area (Å²) in [5, 5.41) is -1.18. The Kier molecular flexibility index (Phi) is 4.62. The van der Waals surface area contributed by atoms with Crippen molar-refractivity contribution >= 4 is 29.4 Å². The molecule has 0 saturated heterocycles. The van der Waals surface area contributed by atoms with E-state index in [-0.39, 0.29) is 6.61 Å². The molecule has 0 aliphatic carbocycles. The SMILES string of the molecule is [CH2]COC(=O)OC(Cl)Cl. The van der Waals surface area contributed by atoms with Crippen molar-refractivity contribution in [2.45, 2.75) is 5.02 Å². The summed E-state index contributed by atoms with van der Waals surface area (Å²) < 4.78 is 8.33. The third-order valence-corrected chi connectivity index (χ3v) is 0.583. The van der Waals surface area contributed by atoms with E-state index in [1.165, 1.54) is 0 Å². The molecule has 0 aromatic carbocycles. The number of rotatable bonds is 2. The standard InChI is InChI=1S/C4H5Cl2O3/c1-2-8-4(7)9-3(5)6/h3H,1-2H2. The second-order valence-electron chi connectivity index (χ2n) is 0.977. The Morgan fingerprint density at radius 2 is 2.22 bits per heavy atom. The summed E-state index contributed by atoms with van der Waals surface area (Å²) in [5.41, 5.74) is 0. The molecular weight excluding hydrogens is 167 g/mol. The summed E-state index contributed by atoms with van der Waals surface area (Å²) in [7, 11) is 0. The summed E-state index contributed by atoms with van der Waals surface area (Å²) in [6.07, 6.45) is -0.917. The van der Waals surface area contributed by atoms with Crippen LogP contribution in [-0.2, 0) is 9.47 Å². The van der Waals surface area contributed by atoms with Gasteiger partial charge in [0.1, 0.15) is 0 Å². The van der Waals surface area contributed by atoms with E-state index in [0.29, 0.717) is 0 Å². The lowest BCUT2D eigenvalue weighted by molar-refractivity contribution is 0.0688. The fourth-order valence-corrected chi connectivity index (χ4v) is 0.336. The lowest BCUT2D eigenvalue weighted by atomic mass is 10.9. The number of carbonyl (C=O) groups is 1. The van der Waals surface area contributed by atoms with E-state index in [1.807, 2.05) is 0 Å². The number of hydrogen-bond acceptors (Lipinski definition) is 3. The molecule has 0 amide bonds. The van der Waals surface area contributed by atoms with E-state index in [4.69, 9.17) is 23.2 Å². The molecule has 0 atom stereocenters. The number of carbonyl (C=O) groups excluding carboxylic acids is 1. The largest absolute Gasteiger partial charge is 0.510 e. The van der Waals surface area contributed by atoms with Crippen molar-refractivity contribution in [3.63, 3.8) is 0 Å². The van der Waals surface area contributed by atoms with Crippen LogP contribution in [0.3, 0.4) is 0 Å². The van der Waals surface area contributed by atoms with Crippen molar-refractivity contribution in [1.29, 1.82) is 0 Å². The van der Waals surface area contributed by atoms with Gasteiger partial charge in [0.2, 0.25) is 0 Å². The van der Waals surface area contributed by atoms with E-state index in [2.05, 4.69) is 16.4 Å². The fraction of sp³-hybridized carbons (Fsp3) is 0.500. The predicted molar refractivity (Wildman–Crippen MR) is 33.3 cm³/mol. The van der Waals surface area contributed by atoms with Gasteiger partial charge < -0.3 is 9.47 Å². The molecule has 0 unspecified atom stereocenters. The quantitative estimate of drug-likeness (QED) is 0.470. The van der Waals surface area contributed by atoms with Crippen molar-refractivity contribution in [2.75, 3.05) is 6.61 Å². The smallest absolute Gasteiger partial charge is 0.434 e. The van der Waals surface area contributed by atoms with Gasteiger partial charge >= 0.3 is 6.16 Å². The molecule has 0 heterocycles. The van der Waals surface area contributed by atoms with Crippen molar-refractivity contribution in [3.8, 4) is 0 Å². The van der Waals surface area contributed by atoms with Crippen LogP contribution in [0.5, 0.6) is 0 Å². The van der Waals surface area contributed by atoms with Crippen LogP contribution in [0.2, 0.25) is 0 Å². The van der Waals surface area contributed by atoms with Crippen LogP contribution in [0, 0.1) is 6.92 Å². The molecule has 0 bridgehead atoms. The number of alkyl halides is 2. The van der Waals surface area contributed by atoms with Crippen LogP contribution in [0.1, 0.15) is 0 Å². The molecule has 0 saturated carbocycles. The number of hydrogen-bond donors (Lipinski definition) is 0. The minimum absolute atomic E-state index is 0.000664. The summed E-state index contributed by atoms with van der Waals surface area (Å²) in [6.45, 7) is 3.22. The molecule has 0 rings (SSSR count). The molecule has 0 aliphatic rings. The molecule has 0 fully saturated rings. The average Bonchev–Trinajstić information content (AvgIpc) is 1.63. The maximum atomic E-state index is 10.2. The molecular formula is C4H5Cl2O3. The number of ether oxygens (including phenoxy) is 2. The molecule has 9 heavy (non-hydrogen) atoms. The maximum absolute atomic E-state index is 10.2. The third-order valence-electron chi connectivity index (χ3n) is 0.405. The van der Waals surface area contributed by atoms with Gasteiger partial charge in [0.05, 0.1) is 6.61 Å². The Hall–Kier alpha value is -0.150. The van der Waals surface area contributed by atoms with Gasteiger partial charge in [-0.05, 0) is 6.92 Å². The molecule has 53 valence electrons. The van der Waals surface area contributed by atoms with Gasteiger partial charge in [-0.25, -0.2) is 4.79 Å². The van der Waals surface area contributed by atoms with E-state index < -0.39 is 11.2 Å². The molecule has 1 radical (unpaired) electrons. The topological polar surface area (TPSA) is 35.5 Å². The van der Waals surface area contributed by atoms with Gasteiger partial charge in [-0.15, -0.1) is 0 Å². The normalized spacial score (nSPS) is 9.33. The fourth-order valence-electron chi connectivity index (χ4n) is 0.190. The Labute approximate surface area is 62.8 Å². The van der Waals surface area contributed by atoms with E-state index in [0.717, 1.165) is 0 Å². The molecule has 0 spiro atoms. The molecule has 5 heteroatoms. The summed E-state index contributed by atoms with van der Waals surface area (Å²) in [5.74, 6) is 0. The highest BCUT2D eigenvalue weighted by Gasteiger charge is 2.06. The lowest BCUT2D eigenvalue weighted by Gasteiger charge is -2.02. The second kappa shape index (κ2) is 4.70. The minimum atomic E-state index is -1.18. The first-order valence-corrected chi connectivity index (χ1v) is 2.95. The molecule has 0 aromatic rings. The van der Waals surface area contributed by atoms with Gasteiger partial charge in [0, 0.05) is 0 Å². The summed E-state index contributed by atoms with van der Waals surface area (Å²) >= 11 is 10.1. The van der Waals surface area contributed by atoms with Crippen molar-refractivity contribution < 1.29 is 14.3 Å². The minimum Gasteiger partial charge on any atom is -0.434 e. The first-order chi connectivity index (χ1) is 4.16. The van der Waals surface area contributed by atoms with E-state index in [1.54, 1.807) is 0 Å². The van der Waals surface area contributed by atoms with Crippen LogP contribution in [0.15, 0.2) is 0 Å². The zero-order valence-electron chi connectivity index (χ0n) is 4.47. The Morgan fingerprint density at radius 1 is 1.67 bits per heavy atom. The van der Waals surface area contributed by atoms with E-state index >= 15 is 0 Å². The van der Waals surface area contributed by atoms with Gasteiger partial charge in [0.15, 0.2) is 0 Å². The Morgan fingerprint density at radius 3 is 2.56 bits per heavy atom.